The van der Waals surface area contributed by atoms with Crippen LogP contribution in [0, 0.1) is 0 Å². The van der Waals surface area contributed by atoms with E-state index in [-0.39, 0.29) is 32.7 Å². The molecule has 1 amide bonds. The molecule has 1 saturated heterocycles. The van der Waals surface area contributed by atoms with Crippen LogP contribution in [0.1, 0.15) is 37.5 Å². The van der Waals surface area contributed by atoms with Crippen molar-refractivity contribution in [1.82, 2.24) is 5.32 Å². The summed E-state index contributed by atoms with van der Waals surface area (Å²) >= 11 is 0. The summed E-state index contributed by atoms with van der Waals surface area (Å²) in [7, 11) is 0. The third kappa shape index (κ3) is 10.4. The molecule has 0 aliphatic carbocycles. The van der Waals surface area contributed by atoms with Crippen LogP contribution in [0.5, 0.6) is 0 Å². The molecular weight excluding hydrogens is 606 g/mol. The van der Waals surface area contributed by atoms with E-state index in [4.69, 9.17) is 23.7 Å². The lowest BCUT2D eigenvalue weighted by Gasteiger charge is -2.53. The minimum absolute atomic E-state index is 0.0430. The zero-order valence-electron chi connectivity index (χ0n) is 26.8. The standard InChI is InChI=1S/C36H43NO10/c1-24(38)37-32-34(44-23-30(46-26(3)40)22-43-25(2)39)36(42,20-28-15-9-5-10-16-28)33(31(41)19-27-13-7-4-8-14-27)47-35(32)45-21-29-17-11-6-12-18-29/h4-18,30-35,41-42H,19-23H2,1-3H3,(H,37,38)/t30?,31?,32-,33+,34+,35-,36+/m0/s1. The Labute approximate surface area is 274 Å². The van der Waals surface area contributed by atoms with E-state index in [1.54, 1.807) is 0 Å². The van der Waals surface area contributed by atoms with Crippen molar-refractivity contribution >= 4 is 17.8 Å². The van der Waals surface area contributed by atoms with Crippen molar-refractivity contribution in [3.8, 4) is 0 Å². The first kappa shape index (κ1) is 35.7. The van der Waals surface area contributed by atoms with Crippen LogP contribution >= 0.6 is 0 Å². The van der Waals surface area contributed by atoms with Crippen molar-refractivity contribution in [2.75, 3.05) is 13.2 Å². The van der Waals surface area contributed by atoms with Crippen LogP contribution in [-0.4, -0.2) is 83.6 Å². The number of carbonyl (C=O) groups excluding carboxylic acids is 3. The third-order valence-corrected chi connectivity index (χ3v) is 7.75. The van der Waals surface area contributed by atoms with Gasteiger partial charge in [-0.25, -0.2) is 0 Å². The van der Waals surface area contributed by atoms with Crippen molar-refractivity contribution in [2.24, 2.45) is 0 Å². The number of hydrogen-bond donors (Lipinski definition) is 3. The molecule has 4 rings (SSSR count). The minimum Gasteiger partial charge on any atom is -0.462 e. The molecule has 0 aromatic heterocycles. The number of hydrogen-bond acceptors (Lipinski definition) is 10. The number of carbonyl (C=O) groups is 3. The van der Waals surface area contributed by atoms with Crippen LogP contribution in [0.2, 0.25) is 0 Å². The molecule has 3 aromatic rings. The van der Waals surface area contributed by atoms with Crippen LogP contribution in [0.25, 0.3) is 0 Å². The monoisotopic (exact) mass is 649 g/mol. The number of rotatable bonds is 15. The Kier molecular flexibility index (Phi) is 13.0. The summed E-state index contributed by atoms with van der Waals surface area (Å²) in [5, 5.41) is 27.4. The van der Waals surface area contributed by atoms with Gasteiger partial charge in [0, 0.05) is 33.6 Å². The number of nitrogens with one attached hydrogen (secondary N) is 1. The zero-order chi connectivity index (χ0) is 33.8. The van der Waals surface area contributed by atoms with E-state index in [2.05, 4.69) is 5.32 Å². The van der Waals surface area contributed by atoms with Gasteiger partial charge in [0.05, 0.1) is 19.3 Å². The minimum atomic E-state index is -1.96. The summed E-state index contributed by atoms with van der Waals surface area (Å²) in [4.78, 5) is 36.1. The second kappa shape index (κ2) is 17.1. The summed E-state index contributed by atoms with van der Waals surface area (Å²) in [6, 6.07) is 26.7. The van der Waals surface area contributed by atoms with Crippen LogP contribution in [0.3, 0.4) is 0 Å². The maximum Gasteiger partial charge on any atom is 0.303 e. The van der Waals surface area contributed by atoms with Gasteiger partial charge in [-0.2, -0.15) is 0 Å². The van der Waals surface area contributed by atoms with Gasteiger partial charge in [-0.05, 0) is 16.7 Å². The molecule has 1 fully saturated rings. The smallest absolute Gasteiger partial charge is 0.303 e. The average molecular weight is 650 g/mol. The number of benzene rings is 3. The summed E-state index contributed by atoms with van der Waals surface area (Å²) < 4.78 is 29.5. The van der Waals surface area contributed by atoms with Crippen molar-refractivity contribution < 1.29 is 48.3 Å². The summed E-state index contributed by atoms with van der Waals surface area (Å²) in [5.41, 5.74) is 0.395. The Morgan fingerprint density at radius 3 is 1.94 bits per heavy atom. The number of aliphatic hydroxyl groups is 2. The van der Waals surface area contributed by atoms with Crippen molar-refractivity contribution in [1.29, 1.82) is 0 Å². The maximum atomic E-state index is 12.8. The molecule has 0 radical (unpaired) electrons. The molecule has 47 heavy (non-hydrogen) atoms. The Hall–Kier alpha value is -4.13. The molecule has 11 heteroatoms. The Balaban J connectivity index is 1.76. The molecule has 2 unspecified atom stereocenters. The van der Waals surface area contributed by atoms with Gasteiger partial charge >= 0.3 is 11.9 Å². The molecule has 3 N–H and O–H groups in total. The molecule has 252 valence electrons. The first-order valence-electron chi connectivity index (χ1n) is 15.5. The lowest BCUT2D eigenvalue weighted by Crippen LogP contribution is -2.74. The van der Waals surface area contributed by atoms with Crippen LogP contribution in [-0.2, 0) is 57.5 Å². The SMILES string of the molecule is CC(=O)N[C@@H]1[C@@H](OCc2ccccc2)O[C@H](C(O)Cc2ccccc2)[C@](O)(Cc2ccccc2)[C@@H]1OCC(COC(C)=O)OC(C)=O. The molecule has 7 atom stereocenters. The van der Waals surface area contributed by atoms with Gasteiger partial charge in [0.15, 0.2) is 12.4 Å². The molecule has 0 spiro atoms. The van der Waals surface area contributed by atoms with Gasteiger partial charge in [-0.15, -0.1) is 0 Å². The highest BCUT2D eigenvalue weighted by Crippen LogP contribution is 2.38. The molecule has 3 aromatic carbocycles. The molecule has 0 saturated carbocycles. The second-order valence-electron chi connectivity index (χ2n) is 11.6. The van der Waals surface area contributed by atoms with Gasteiger partial charge in [0.2, 0.25) is 5.91 Å². The molecule has 1 aliphatic heterocycles. The largest absolute Gasteiger partial charge is 0.462 e. The van der Waals surface area contributed by atoms with E-state index in [1.807, 2.05) is 91.0 Å². The Morgan fingerprint density at radius 2 is 1.38 bits per heavy atom. The molecule has 0 bridgehead atoms. The number of aliphatic hydroxyl groups excluding tert-OH is 1. The fraction of sp³-hybridized carbons (Fsp3) is 0.417. The summed E-state index contributed by atoms with van der Waals surface area (Å²) in [6.45, 7) is 3.23. The predicted molar refractivity (Wildman–Crippen MR) is 171 cm³/mol. The molecular formula is C36H43NO10. The fourth-order valence-electron chi connectivity index (χ4n) is 5.77. The first-order valence-corrected chi connectivity index (χ1v) is 15.5. The van der Waals surface area contributed by atoms with Gasteiger partial charge in [-0.3, -0.25) is 14.4 Å². The maximum absolute atomic E-state index is 12.8. The fourth-order valence-corrected chi connectivity index (χ4v) is 5.77. The molecule has 11 nitrogen and oxygen atoms in total. The lowest BCUT2D eigenvalue weighted by molar-refractivity contribution is -0.325. The predicted octanol–water partition coefficient (Wildman–Crippen LogP) is 2.89. The summed E-state index contributed by atoms with van der Waals surface area (Å²) in [5.74, 6) is -1.65. The normalized spacial score (nSPS) is 23.7. The molecule has 1 heterocycles. The van der Waals surface area contributed by atoms with Crippen molar-refractivity contribution in [2.45, 2.75) is 82.6 Å². The quantitative estimate of drug-likeness (QED) is 0.210. The average Bonchev–Trinajstić information content (AvgIpc) is 3.03. The number of esters is 2. The van der Waals surface area contributed by atoms with Gasteiger partial charge in [0.1, 0.15) is 30.5 Å². The highest BCUT2D eigenvalue weighted by molar-refractivity contribution is 5.73. The Bertz CT molecular complexity index is 1420. The number of amides is 1. The van der Waals surface area contributed by atoms with E-state index in [0.717, 1.165) is 11.1 Å². The summed E-state index contributed by atoms with van der Waals surface area (Å²) in [6.07, 6.45) is -5.92. The van der Waals surface area contributed by atoms with Crippen LogP contribution in [0.4, 0.5) is 0 Å². The van der Waals surface area contributed by atoms with Crippen molar-refractivity contribution in [3.63, 3.8) is 0 Å². The van der Waals surface area contributed by atoms with E-state index in [1.165, 1.54) is 20.8 Å². The van der Waals surface area contributed by atoms with E-state index in [9.17, 15) is 24.6 Å². The van der Waals surface area contributed by atoms with E-state index in [0.29, 0.717) is 5.56 Å². The third-order valence-electron chi connectivity index (χ3n) is 7.75. The molecule has 1 aliphatic rings. The van der Waals surface area contributed by atoms with Gasteiger partial charge in [-0.1, -0.05) is 91.0 Å². The lowest BCUT2D eigenvalue weighted by atomic mass is 9.75. The number of ether oxygens (including phenoxy) is 5. The second-order valence-corrected chi connectivity index (χ2v) is 11.6. The van der Waals surface area contributed by atoms with E-state index >= 15 is 0 Å². The van der Waals surface area contributed by atoms with E-state index < -0.39 is 60.2 Å². The highest BCUT2D eigenvalue weighted by Gasteiger charge is 2.59. The Morgan fingerprint density at radius 1 is 0.809 bits per heavy atom. The first-order chi connectivity index (χ1) is 22.5. The van der Waals surface area contributed by atoms with Gasteiger partial charge in [0.25, 0.3) is 0 Å². The topological polar surface area (TPSA) is 150 Å². The highest BCUT2D eigenvalue weighted by atomic mass is 16.7. The van der Waals surface area contributed by atoms with Crippen LogP contribution in [0.15, 0.2) is 91.0 Å². The zero-order valence-corrected chi connectivity index (χ0v) is 26.8. The van der Waals surface area contributed by atoms with Crippen molar-refractivity contribution in [3.05, 3.63) is 108 Å². The van der Waals surface area contributed by atoms with Gasteiger partial charge < -0.3 is 39.2 Å². The van der Waals surface area contributed by atoms with Crippen LogP contribution < -0.4 is 5.32 Å².